The largest absolute Gasteiger partial charge is 0.464 e. The summed E-state index contributed by atoms with van der Waals surface area (Å²) in [6.45, 7) is -0.297. The van der Waals surface area contributed by atoms with Crippen LogP contribution in [0.3, 0.4) is 0 Å². The maximum atomic E-state index is 13.7. The second kappa shape index (κ2) is 12.7. The van der Waals surface area contributed by atoms with Crippen LogP contribution >= 0.6 is 0 Å². The Kier molecular flexibility index (Phi) is 9.37. The molecule has 0 saturated carbocycles. The van der Waals surface area contributed by atoms with Gasteiger partial charge in [-0.1, -0.05) is 6.08 Å². The van der Waals surface area contributed by atoms with Crippen LogP contribution in [0.1, 0.15) is 18.7 Å². The third-order valence-corrected chi connectivity index (χ3v) is 5.66. The van der Waals surface area contributed by atoms with Crippen LogP contribution in [-0.2, 0) is 20.9 Å². The molecular weight excluding hydrogens is 527 g/mol. The molecule has 40 heavy (non-hydrogen) atoms. The minimum atomic E-state index is -1.37. The molecule has 0 aliphatic rings. The summed E-state index contributed by atoms with van der Waals surface area (Å²) < 4.78 is 20.9. The number of hydrogen-bond acceptors (Lipinski definition) is 7. The van der Waals surface area contributed by atoms with Gasteiger partial charge in [0.05, 0.1) is 17.6 Å². The number of imidazole rings is 1. The fraction of sp³-hybridized carbons (Fsp3) is 0.308. The van der Waals surface area contributed by atoms with E-state index in [1.165, 1.54) is 49.5 Å². The molecule has 14 heteroatoms. The maximum Gasteiger partial charge on any atom is 0.417 e. The lowest BCUT2D eigenvalue weighted by atomic mass is 10.1. The number of anilines is 1. The van der Waals surface area contributed by atoms with Gasteiger partial charge in [0.1, 0.15) is 17.3 Å². The summed E-state index contributed by atoms with van der Waals surface area (Å²) in [7, 11) is 6.07. The number of carboxylic acid groups (broad SMARTS) is 1. The number of amides is 3. The molecule has 0 saturated heterocycles. The third-order valence-electron chi connectivity index (χ3n) is 5.66. The Morgan fingerprint density at radius 1 is 1.15 bits per heavy atom. The molecule has 0 radical (unpaired) electrons. The van der Waals surface area contributed by atoms with E-state index >= 15 is 0 Å². The topological polar surface area (TPSA) is 156 Å². The number of pyridine rings is 1. The molecule has 2 aromatic heterocycles. The van der Waals surface area contributed by atoms with Crippen LogP contribution in [0.4, 0.5) is 19.7 Å². The Bertz CT molecular complexity index is 1530. The number of benzene rings is 1. The molecule has 0 fully saturated rings. The Labute approximate surface area is 228 Å². The zero-order valence-corrected chi connectivity index (χ0v) is 22.3. The summed E-state index contributed by atoms with van der Waals surface area (Å²) in [6.07, 6.45) is 1.08. The van der Waals surface area contributed by atoms with E-state index in [2.05, 4.69) is 10.3 Å². The van der Waals surface area contributed by atoms with Gasteiger partial charge in [0.15, 0.2) is 6.10 Å². The average Bonchev–Trinajstić information content (AvgIpc) is 3.24. The Morgan fingerprint density at radius 3 is 2.52 bits per heavy atom. The lowest BCUT2D eigenvalue weighted by molar-refractivity contribution is -0.125. The highest BCUT2D eigenvalue weighted by molar-refractivity contribution is 5.95. The van der Waals surface area contributed by atoms with E-state index in [1.54, 1.807) is 20.2 Å². The van der Waals surface area contributed by atoms with E-state index in [0.717, 1.165) is 26.2 Å². The third kappa shape index (κ3) is 7.09. The Morgan fingerprint density at radius 2 is 1.88 bits per heavy atom. The van der Waals surface area contributed by atoms with Crippen LogP contribution < -0.4 is 10.9 Å². The quantitative estimate of drug-likeness (QED) is 0.381. The molecule has 212 valence electrons. The van der Waals surface area contributed by atoms with Gasteiger partial charge in [0.2, 0.25) is 5.91 Å². The van der Waals surface area contributed by atoms with Crippen molar-refractivity contribution in [1.82, 2.24) is 23.9 Å². The van der Waals surface area contributed by atoms with Gasteiger partial charge in [-0.3, -0.25) is 14.4 Å². The highest BCUT2D eigenvalue weighted by Gasteiger charge is 2.25. The number of nitrogens with zero attached hydrogens (tertiary/aromatic N) is 5. The molecule has 2 N–H and O–H groups in total. The number of carbonyl (C=O) groups is 4. The molecule has 2 heterocycles. The summed E-state index contributed by atoms with van der Waals surface area (Å²) in [5, 5.41) is 12.1. The molecule has 0 aliphatic carbocycles. The number of hydrogen-bond donors (Lipinski definition) is 2. The van der Waals surface area contributed by atoms with Crippen molar-refractivity contribution in [3.63, 3.8) is 0 Å². The highest BCUT2D eigenvalue weighted by Crippen LogP contribution is 2.18. The van der Waals surface area contributed by atoms with Gasteiger partial charge in [-0.15, -0.1) is 0 Å². The van der Waals surface area contributed by atoms with Crippen LogP contribution in [0, 0.1) is 5.82 Å². The minimum absolute atomic E-state index is 0.0306. The van der Waals surface area contributed by atoms with E-state index in [9.17, 15) is 33.5 Å². The first-order valence-electron chi connectivity index (χ1n) is 12.0. The molecule has 3 aromatic rings. The first-order chi connectivity index (χ1) is 18.9. The van der Waals surface area contributed by atoms with Crippen molar-refractivity contribution >= 4 is 40.7 Å². The predicted molar refractivity (Wildman–Crippen MR) is 143 cm³/mol. The molecule has 1 atom stereocenters. The Hall–Kier alpha value is -5.01. The van der Waals surface area contributed by atoms with E-state index < -0.39 is 35.6 Å². The molecule has 0 bridgehead atoms. The van der Waals surface area contributed by atoms with Crippen molar-refractivity contribution in [2.75, 3.05) is 33.5 Å². The van der Waals surface area contributed by atoms with Crippen molar-refractivity contribution in [3.05, 3.63) is 70.7 Å². The van der Waals surface area contributed by atoms with Gasteiger partial charge in [0.25, 0.3) is 11.5 Å². The predicted octanol–water partition coefficient (Wildman–Crippen LogP) is 2.34. The average molecular weight is 557 g/mol. The van der Waals surface area contributed by atoms with Crippen molar-refractivity contribution in [2.24, 2.45) is 0 Å². The maximum absolute atomic E-state index is 13.7. The number of allylic oxidation sites excluding steroid dienone is 1. The lowest BCUT2D eigenvalue weighted by Gasteiger charge is -2.19. The zero-order chi connectivity index (χ0) is 29.6. The van der Waals surface area contributed by atoms with Gasteiger partial charge in [0, 0.05) is 40.5 Å². The number of halogens is 1. The van der Waals surface area contributed by atoms with Crippen LogP contribution in [0.25, 0.3) is 11.0 Å². The summed E-state index contributed by atoms with van der Waals surface area (Å²) in [6, 6.07) is 6.26. The SMILES string of the molecule is CN(C)C(=O)/C=C/CC[C@H](OC(=O)N(C)C)C(=O)Nc1cccn(Cc2nc3cc(F)ccc3n2C(=O)O)c1=O. The summed E-state index contributed by atoms with van der Waals surface area (Å²) in [5.41, 5.74) is -0.587. The number of fused-ring (bicyclic) bond motifs is 1. The summed E-state index contributed by atoms with van der Waals surface area (Å²) >= 11 is 0. The fourth-order valence-electron chi connectivity index (χ4n) is 3.60. The van der Waals surface area contributed by atoms with Crippen LogP contribution in [0.5, 0.6) is 0 Å². The van der Waals surface area contributed by atoms with Gasteiger partial charge in [-0.2, -0.15) is 0 Å². The van der Waals surface area contributed by atoms with E-state index in [4.69, 9.17) is 4.74 Å². The highest BCUT2D eigenvalue weighted by atomic mass is 19.1. The number of rotatable bonds is 9. The van der Waals surface area contributed by atoms with Gasteiger partial charge < -0.3 is 29.5 Å². The summed E-state index contributed by atoms with van der Waals surface area (Å²) in [4.78, 5) is 68.6. The van der Waals surface area contributed by atoms with E-state index in [-0.39, 0.29) is 47.8 Å². The minimum Gasteiger partial charge on any atom is -0.464 e. The number of nitrogens with one attached hydrogen (secondary N) is 1. The summed E-state index contributed by atoms with van der Waals surface area (Å²) in [5.74, 6) is -1.67. The van der Waals surface area contributed by atoms with Crippen molar-refractivity contribution in [2.45, 2.75) is 25.5 Å². The first kappa shape index (κ1) is 29.5. The molecular formula is C26H29FN6O7. The monoisotopic (exact) mass is 556 g/mol. The molecule has 3 amide bonds. The van der Waals surface area contributed by atoms with Gasteiger partial charge in [-0.25, -0.2) is 23.5 Å². The first-order valence-corrected chi connectivity index (χ1v) is 12.0. The Balaban J connectivity index is 1.83. The van der Waals surface area contributed by atoms with Gasteiger partial charge >= 0.3 is 12.2 Å². The van der Waals surface area contributed by atoms with Crippen molar-refractivity contribution < 1.29 is 33.4 Å². The standard InChI is InChI=1S/C26H29FN6O7/c1-30(2)22(34)10-6-5-9-20(40-26(39)31(3)4)23(35)29-17-8-7-13-32(24(17)36)15-21-28-18-14-16(27)11-12-19(18)33(21)25(37)38/h6-8,10-14,20H,5,9,15H2,1-4H3,(H,29,35)(H,37,38)/b10-6+/t20-/m0/s1. The zero-order valence-electron chi connectivity index (χ0n) is 22.3. The molecule has 3 rings (SSSR count). The molecule has 0 unspecified atom stereocenters. The van der Waals surface area contributed by atoms with E-state index in [0.29, 0.717) is 0 Å². The van der Waals surface area contributed by atoms with Crippen molar-refractivity contribution in [1.29, 1.82) is 0 Å². The van der Waals surface area contributed by atoms with Crippen LogP contribution in [-0.4, -0.2) is 87.3 Å². The second-order valence-electron chi connectivity index (χ2n) is 9.10. The normalized spacial score (nSPS) is 11.8. The van der Waals surface area contributed by atoms with Crippen molar-refractivity contribution in [3.8, 4) is 0 Å². The second-order valence-corrected chi connectivity index (χ2v) is 9.10. The smallest absolute Gasteiger partial charge is 0.417 e. The molecule has 13 nitrogen and oxygen atoms in total. The molecule has 0 spiro atoms. The lowest BCUT2D eigenvalue weighted by Crippen LogP contribution is -2.37. The van der Waals surface area contributed by atoms with Gasteiger partial charge in [-0.05, 0) is 43.2 Å². The number of carbonyl (C=O) groups excluding carboxylic acids is 3. The number of likely N-dealkylation sites (N-methyl/N-ethyl adjacent to an activating group) is 1. The number of aromatic nitrogens is 3. The van der Waals surface area contributed by atoms with Crippen LogP contribution in [0.2, 0.25) is 0 Å². The van der Waals surface area contributed by atoms with Crippen LogP contribution in [0.15, 0.2) is 53.5 Å². The number of ether oxygens (including phenoxy) is 1. The molecule has 0 aliphatic heterocycles. The fourth-order valence-corrected chi connectivity index (χ4v) is 3.60. The van der Waals surface area contributed by atoms with E-state index in [1.807, 2.05) is 0 Å². The molecule has 1 aromatic carbocycles.